The molecule has 2 aromatic heterocycles. The standard InChI is InChI=1S/C9H10ClN5S/c1-5-3-7(10)13-8(11-5)4-16-9-12-6(2)14-15-9/h3H,4H2,1-2H3,(H,12,14,15). The molecule has 0 bridgehead atoms. The van der Waals surface area contributed by atoms with Gasteiger partial charge in [-0.05, 0) is 19.9 Å². The third-order valence-electron chi connectivity index (χ3n) is 1.78. The SMILES string of the molecule is Cc1cc(Cl)nc(CSc2n[nH]c(C)n2)n1. The number of nitrogens with zero attached hydrogens (tertiary/aromatic N) is 4. The molecule has 2 heterocycles. The van der Waals surface area contributed by atoms with Gasteiger partial charge in [0.25, 0.3) is 0 Å². The van der Waals surface area contributed by atoms with Gasteiger partial charge in [0, 0.05) is 5.69 Å². The number of nitrogens with one attached hydrogen (secondary N) is 1. The summed E-state index contributed by atoms with van der Waals surface area (Å²) in [5.41, 5.74) is 0.863. The summed E-state index contributed by atoms with van der Waals surface area (Å²) in [6, 6.07) is 1.73. The first-order valence-corrected chi connectivity index (χ1v) is 6.02. The van der Waals surface area contributed by atoms with E-state index < -0.39 is 0 Å². The second-order valence-corrected chi connectivity index (χ2v) is 4.57. The molecule has 0 spiro atoms. The zero-order valence-electron chi connectivity index (χ0n) is 8.86. The predicted octanol–water partition coefficient (Wildman–Crippen LogP) is 2.16. The van der Waals surface area contributed by atoms with Gasteiger partial charge in [-0.3, -0.25) is 5.10 Å². The number of aromatic amines is 1. The van der Waals surface area contributed by atoms with Crippen molar-refractivity contribution < 1.29 is 0 Å². The maximum Gasteiger partial charge on any atom is 0.208 e. The van der Waals surface area contributed by atoms with Gasteiger partial charge in [-0.15, -0.1) is 5.10 Å². The van der Waals surface area contributed by atoms with Crippen molar-refractivity contribution in [3.63, 3.8) is 0 Å². The normalized spacial score (nSPS) is 10.7. The second kappa shape index (κ2) is 4.80. The quantitative estimate of drug-likeness (QED) is 0.672. The lowest BCUT2D eigenvalue weighted by molar-refractivity contribution is 0.957. The Hall–Kier alpha value is -1.14. The molecule has 1 N–H and O–H groups in total. The Morgan fingerprint density at radius 3 is 2.75 bits per heavy atom. The van der Waals surface area contributed by atoms with E-state index in [1.54, 1.807) is 6.07 Å². The number of rotatable bonds is 3. The van der Waals surface area contributed by atoms with Crippen LogP contribution < -0.4 is 0 Å². The zero-order valence-corrected chi connectivity index (χ0v) is 10.4. The van der Waals surface area contributed by atoms with Crippen LogP contribution in [0.15, 0.2) is 11.2 Å². The third kappa shape index (κ3) is 2.93. The molecule has 0 aromatic carbocycles. The smallest absolute Gasteiger partial charge is 0.208 e. The molecule has 16 heavy (non-hydrogen) atoms. The van der Waals surface area contributed by atoms with E-state index >= 15 is 0 Å². The Morgan fingerprint density at radius 2 is 2.12 bits per heavy atom. The van der Waals surface area contributed by atoms with Crippen LogP contribution >= 0.6 is 23.4 Å². The lowest BCUT2D eigenvalue weighted by atomic mass is 10.4. The van der Waals surface area contributed by atoms with Gasteiger partial charge in [-0.1, -0.05) is 23.4 Å². The third-order valence-corrected chi connectivity index (χ3v) is 2.81. The predicted molar refractivity (Wildman–Crippen MR) is 62.5 cm³/mol. The van der Waals surface area contributed by atoms with Crippen molar-refractivity contribution in [1.29, 1.82) is 0 Å². The monoisotopic (exact) mass is 255 g/mol. The number of halogens is 1. The van der Waals surface area contributed by atoms with Gasteiger partial charge in [0.05, 0.1) is 5.75 Å². The zero-order chi connectivity index (χ0) is 11.5. The molecule has 0 atom stereocenters. The molecule has 2 aromatic rings. The molecule has 0 aliphatic heterocycles. The first-order valence-electron chi connectivity index (χ1n) is 4.65. The summed E-state index contributed by atoms with van der Waals surface area (Å²) >= 11 is 7.31. The van der Waals surface area contributed by atoms with Crippen molar-refractivity contribution in [2.24, 2.45) is 0 Å². The highest BCUT2D eigenvalue weighted by molar-refractivity contribution is 7.98. The molecule has 0 aliphatic carbocycles. The van der Waals surface area contributed by atoms with E-state index in [0.717, 1.165) is 11.5 Å². The fourth-order valence-electron chi connectivity index (χ4n) is 1.17. The molecule has 0 amide bonds. The summed E-state index contributed by atoms with van der Waals surface area (Å²) in [6.07, 6.45) is 0. The minimum absolute atomic E-state index is 0.467. The molecular formula is C9H10ClN5S. The molecule has 0 aliphatic rings. The van der Waals surface area contributed by atoms with Gasteiger partial charge in [-0.2, -0.15) is 0 Å². The maximum absolute atomic E-state index is 5.84. The average Bonchev–Trinajstić information content (AvgIpc) is 2.60. The number of hydrogen-bond acceptors (Lipinski definition) is 5. The number of thioether (sulfide) groups is 1. The Bertz CT molecular complexity index is 478. The Balaban J connectivity index is 2.04. The van der Waals surface area contributed by atoms with Crippen LogP contribution in [0.1, 0.15) is 17.3 Å². The lowest BCUT2D eigenvalue weighted by Crippen LogP contribution is -1.95. The van der Waals surface area contributed by atoms with E-state index in [1.165, 1.54) is 11.8 Å². The highest BCUT2D eigenvalue weighted by Crippen LogP contribution is 2.18. The largest absolute Gasteiger partial charge is 0.262 e. The molecule has 84 valence electrons. The van der Waals surface area contributed by atoms with E-state index in [1.807, 2.05) is 13.8 Å². The maximum atomic E-state index is 5.84. The summed E-state index contributed by atoms with van der Waals surface area (Å²) < 4.78 is 0. The van der Waals surface area contributed by atoms with Crippen molar-refractivity contribution in [3.8, 4) is 0 Å². The Labute approximate surface area is 102 Å². The van der Waals surface area contributed by atoms with Gasteiger partial charge in [0.2, 0.25) is 5.16 Å². The number of hydrogen-bond donors (Lipinski definition) is 1. The molecule has 2 rings (SSSR count). The minimum Gasteiger partial charge on any atom is -0.262 e. The van der Waals surface area contributed by atoms with E-state index in [9.17, 15) is 0 Å². The van der Waals surface area contributed by atoms with Gasteiger partial charge >= 0.3 is 0 Å². The van der Waals surface area contributed by atoms with Crippen LogP contribution in [0.25, 0.3) is 0 Å². The first kappa shape index (κ1) is 11.3. The van der Waals surface area contributed by atoms with Gasteiger partial charge in [0.15, 0.2) is 0 Å². The first-order chi connectivity index (χ1) is 7.63. The molecule has 5 nitrogen and oxygen atoms in total. The van der Waals surface area contributed by atoms with Crippen LogP contribution in [-0.4, -0.2) is 25.1 Å². The highest BCUT2D eigenvalue weighted by Gasteiger charge is 2.05. The van der Waals surface area contributed by atoms with Gasteiger partial charge in [0.1, 0.15) is 16.8 Å². The summed E-state index contributed by atoms with van der Waals surface area (Å²) in [5.74, 6) is 2.10. The minimum atomic E-state index is 0.467. The molecule has 7 heteroatoms. The van der Waals surface area contributed by atoms with E-state index in [2.05, 4.69) is 25.1 Å². The number of aromatic nitrogens is 5. The molecule has 0 saturated carbocycles. The van der Waals surface area contributed by atoms with E-state index in [0.29, 0.717) is 21.9 Å². The molecular weight excluding hydrogens is 246 g/mol. The van der Waals surface area contributed by atoms with Crippen molar-refractivity contribution in [2.75, 3.05) is 0 Å². The summed E-state index contributed by atoms with van der Waals surface area (Å²) in [6.45, 7) is 3.75. The van der Waals surface area contributed by atoms with Crippen LogP contribution in [-0.2, 0) is 5.75 Å². The lowest BCUT2D eigenvalue weighted by Gasteiger charge is -1.99. The highest BCUT2D eigenvalue weighted by atomic mass is 35.5. The van der Waals surface area contributed by atoms with Crippen molar-refractivity contribution in [3.05, 3.63) is 28.6 Å². The second-order valence-electron chi connectivity index (χ2n) is 3.24. The van der Waals surface area contributed by atoms with Gasteiger partial charge < -0.3 is 0 Å². The Kier molecular flexibility index (Phi) is 3.40. The fourth-order valence-corrected chi connectivity index (χ4v) is 2.12. The molecule has 0 saturated heterocycles. The Morgan fingerprint density at radius 1 is 1.31 bits per heavy atom. The van der Waals surface area contributed by atoms with E-state index in [4.69, 9.17) is 11.6 Å². The van der Waals surface area contributed by atoms with Crippen molar-refractivity contribution in [1.82, 2.24) is 25.1 Å². The van der Waals surface area contributed by atoms with Crippen LogP contribution in [0.5, 0.6) is 0 Å². The van der Waals surface area contributed by atoms with Crippen LogP contribution in [0.4, 0.5) is 0 Å². The summed E-state index contributed by atoms with van der Waals surface area (Å²) in [4.78, 5) is 12.6. The summed E-state index contributed by atoms with van der Waals surface area (Å²) in [5, 5.41) is 7.95. The summed E-state index contributed by atoms with van der Waals surface area (Å²) in [7, 11) is 0. The van der Waals surface area contributed by atoms with E-state index in [-0.39, 0.29) is 0 Å². The van der Waals surface area contributed by atoms with Crippen LogP contribution in [0.2, 0.25) is 5.15 Å². The van der Waals surface area contributed by atoms with Crippen molar-refractivity contribution >= 4 is 23.4 Å². The van der Waals surface area contributed by atoms with Crippen LogP contribution in [0, 0.1) is 13.8 Å². The molecule has 0 radical (unpaired) electrons. The molecule has 0 unspecified atom stereocenters. The average molecular weight is 256 g/mol. The fraction of sp³-hybridized carbons (Fsp3) is 0.333. The van der Waals surface area contributed by atoms with Gasteiger partial charge in [-0.25, -0.2) is 15.0 Å². The molecule has 0 fully saturated rings. The van der Waals surface area contributed by atoms with Crippen LogP contribution in [0.3, 0.4) is 0 Å². The number of aryl methyl sites for hydroxylation is 2. The topological polar surface area (TPSA) is 67.3 Å². The number of H-pyrrole nitrogens is 1. The van der Waals surface area contributed by atoms with Crippen molar-refractivity contribution in [2.45, 2.75) is 24.8 Å².